The number of hydrogen-bond acceptors (Lipinski definition) is 6. The molecular weight excluding hydrogens is 865 g/mol. The van der Waals surface area contributed by atoms with Crippen LogP contribution >= 0.6 is 0 Å². The van der Waals surface area contributed by atoms with Crippen LogP contribution < -0.4 is 0 Å². The number of ether oxygens (including phenoxy) is 3. The Morgan fingerprint density at radius 1 is 0.300 bits per heavy atom. The maximum absolute atomic E-state index is 12.8. The molecule has 6 nitrogen and oxygen atoms in total. The Morgan fingerprint density at radius 3 is 0.971 bits per heavy atom. The fourth-order valence-corrected chi connectivity index (χ4v) is 6.69. The maximum Gasteiger partial charge on any atom is 0.306 e. The van der Waals surface area contributed by atoms with Gasteiger partial charge in [-0.15, -0.1) is 0 Å². The number of esters is 3. The molecule has 0 amide bonds. The molecule has 0 N–H and O–H groups in total. The normalized spacial score (nSPS) is 13.4. The third kappa shape index (κ3) is 54.0. The van der Waals surface area contributed by atoms with Crippen molar-refractivity contribution in [2.45, 2.75) is 213 Å². The highest BCUT2D eigenvalue weighted by Gasteiger charge is 2.19. The Kier molecular flexibility index (Phi) is 52.6. The Bertz CT molecular complexity index is 1620. The molecule has 0 aliphatic heterocycles. The van der Waals surface area contributed by atoms with Gasteiger partial charge < -0.3 is 14.2 Å². The van der Waals surface area contributed by atoms with Gasteiger partial charge in [0, 0.05) is 19.3 Å². The van der Waals surface area contributed by atoms with E-state index in [1.807, 2.05) is 12.2 Å². The molecule has 0 saturated carbocycles. The summed E-state index contributed by atoms with van der Waals surface area (Å²) in [7, 11) is 0. The van der Waals surface area contributed by atoms with Gasteiger partial charge in [0.15, 0.2) is 6.10 Å². The van der Waals surface area contributed by atoms with Crippen LogP contribution in [0.15, 0.2) is 158 Å². The van der Waals surface area contributed by atoms with E-state index < -0.39 is 6.10 Å². The van der Waals surface area contributed by atoms with Crippen molar-refractivity contribution in [3.63, 3.8) is 0 Å². The lowest BCUT2D eigenvalue weighted by Gasteiger charge is -2.18. The van der Waals surface area contributed by atoms with Crippen LogP contribution in [0.25, 0.3) is 0 Å². The molecule has 6 heteroatoms. The minimum atomic E-state index is -0.840. The molecule has 1 unspecified atom stereocenters. The van der Waals surface area contributed by atoms with Crippen molar-refractivity contribution in [2.24, 2.45) is 0 Å². The molecule has 0 bridgehead atoms. The lowest BCUT2D eigenvalue weighted by molar-refractivity contribution is -0.166. The van der Waals surface area contributed by atoms with E-state index in [2.05, 4.69) is 167 Å². The number of allylic oxidation sites excluding steroid dienone is 26. The second-order valence-corrected chi connectivity index (χ2v) is 17.4. The highest BCUT2D eigenvalue weighted by molar-refractivity contribution is 5.71. The Balaban J connectivity index is 4.62. The lowest BCUT2D eigenvalue weighted by Crippen LogP contribution is -2.30. The first-order valence-corrected chi connectivity index (χ1v) is 27.5. The van der Waals surface area contributed by atoms with Crippen LogP contribution in [0.2, 0.25) is 0 Å². The van der Waals surface area contributed by atoms with E-state index in [1.165, 1.54) is 19.3 Å². The highest BCUT2D eigenvalue weighted by Crippen LogP contribution is 2.11. The zero-order valence-corrected chi connectivity index (χ0v) is 44.5. The number of unbranched alkanes of at least 4 members (excludes halogenated alkanes) is 10. The van der Waals surface area contributed by atoms with Crippen molar-refractivity contribution in [2.75, 3.05) is 13.2 Å². The summed E-state index contributed by atoms with van der Waals surface area (Å²) in [6.07, 6.45) is 82.4. The first-order valence-electron chi connectivity index (χ1n) is 27.5. The molecule has 0 saturated heterocycles. The molecule has 70 heavy (non-hydrogen) atoms. The summed E-state index contributed by atoms with van der Waals surface area (Å²) in [5.74, 6) is -1.07. The van der Waals surface area contributed by atoms with E-state index >= 15 is 0 Å². The van der Waals surface area contributed by atoms with E-state index in [9.17, 15) is 14.4 Å². The Labute approximate surface area is 429 Å². The average molecular weight is 963 g/mol. The number of carbonyl (C=O) groups is 3. The predicted octanol–water partition coefficient (Wildman–Crippen LogP) is 18.6. The van der Waals surface area contributed by atoms with E-state index in [0.717, 1.165) is 135 Å². The number of rotatable bonds is 47. The molecule has 0 fully saturated rings. The molecule has 0 heterocycles. The van der Waals surface area contributed by atoms with Crippen LogP contribution in [-0.2, 0) is 28.6 Å². The van der Waals surface area contributed by atoms with Gasteiger partial charge in [0.2, 0.25) is 0 Å². The van der Waals surface area contributed by atoms with Crippen LogP contribution in [0.4, 0.5) is 0 Å². The van der Waals surface area contributed by atoms with Crippen LogP contribution in [-0.4, -0.2) is 37.2 Å². The summed E-state index contributed by atoms with van der Waals surface area (Å²) in [6, 6.07) is 0. The molecule has 0 radical (unpaired) electrons. The second-order valence-electron chi connectivity index (χ2n) is 17.4. The highest BCUT2D eigenvalue weighted by atomic mass is 16.6. The summed E-state index contributed by atoms with van der Waals surface area (Å²) < 4.78 is 16.7. The zero-order chi connectivity index (χ0) is 50.7. The molecule has 0 aromatic heterocycles. The van der Waals surface area contributed by atoms with E-state index in [1.54, 1.807) is 0 Å². The fraction of sp³-hybridized carbons (Fsp3) is 0.547. The van der Waals surface area contributed by atoms with Gasteiger partial charge in [-0.2, -0.15) is 0 Å². The van der Waals surface area contributed by atoms with E-state index in [-0.39, 0.29) is 44.0 Å². The maximum atomic E-state index is 12.8. The zero-order valence-electron chi connectivity index (χ0n) is 44.5. The van der Waals surface area contributed by atoms with Crippen molar-refractivity contribution in [1.29, 1.82) is 0 Å². The largest absolute Gasteiger partial charge is 0.462 e. The molecule has 1 atom stereocenters. The SMILES string of the molecule is CC/C=C\C/C=C\C/C=C\C/C=C\C/C=C\C/C=C\CCC(=O)OCC(COC(=O)CCCCCCC/C=C\C/C=C\CCCC)OC(=O)CCCCC/C=C\C/C=C\C/C=C\C/C=C\C/C=C\CC. The monoisotopic (exact) mass is 963 g/mol. The fourth-order valence-electron chi connectivity index (χ4n) is 6.69. The Morgan fingerprint density at radius 2 is 0.586 bits per heavy atom. The van der Waals surface area contributed by atoms with Gasteiger partial charge in [0.1, 0.15) is 13.2 Å². The molecule has 0 rings (SSSR count). The Hall–Kier alpha value is -4.97. The molecule has 0 spiro atoms. The van der Waals surface area contributed by atoms with Gasteiger partial charge in [-0.1, -0.05) is 217 Å². The van der Waals surface area contributed by atoms with Crippen molar-refractivity contribution in [3.05, 3.63) is 158 Å². The van der Waals surface area contributed by atoms with Crippen LogP contribution in [0.5, 0.6) is 0 Å². The summed E-state index contributed by atoms with van der Waals surface area (Å²) >= 11 is 0. The second kappa shape index (κ2) is 56.6. The van der Waals surface area contributed by atoms with Gasteiger partial charge in [0.25, 0.3) is 0 Å². The summed E-state index contributed by atoms with van der Waals surface area (Å²) in [6.45, 7) is 6.24. The van der Waals surface area contributed by atoms with Crippen LogP contribution in [0, 0.1) is 0 Å². The molecule has 0 aliphatic rings. The van der Waals surface area contributed by atoms with Crippen LogP contribution in [0.1, 0.15) is 207 Å². The van der Waals surface area contributed by atoms with Crippen molar-refractivity contribution >= 4 is 17.9 Å². The lowest BCUT2D eigenvalue weighted by atomic mass is 10.1. The molecular formula is C64H98O6. The molecule has 0 aliphatic carbocycles. The quantitative estimate of drug-likeness (QED) is 0.0262. The third-order valence-corrected chi connectivity index (χ3v) is 10.8. The summed E-state index contributed by atoms with van der Waals surface area (Å²) in [4.78, 5) is 38.1. The minimum Gasteiger partial charge on any atom is -0.462 e. The summed E-state index contributed by atoms with van der Waals surface area (Å²) in [5, 5.41) is 0. The van der Waals surface area contributed by atoms with Crippen molar-refractivity contribution in [3.8, 4) is 0 Å². The summed E-state index contributed by atoms with van der Waals surface area (Å²) in [5.41, 5.74) is 0. The number of hydrogen-bond donors (Lipinski definition) is 0. The first kappa shape index (κ1) is 65.0. The third-order valence-electron chi connectivity index (χ3n) is 10.8. The number of carbonyl (C=O) groups excluding carboxylic acids is 3. The van der Waals surface area contributed by atoms with Crippen LogP contribution in [0.3, 0.4) is 0 Å². The average Bonchev–Trinajstić information content (AvgIpc) is 3.36. The van der Waals surface area contributed by atoms with Gasteiger partial charge in [0.05, 0.1) is 0 Å². The van der Waals surface area contributed by atoms with Crippen molar-refractivity contribution < 1.29 is 28.6 Å². The van der Waals surface area contributed by atoms with Gasteiger partial charge in [-0.3, -0.25) is 14.4 Å². The molecule has 0 aromatic carbocycles. The smallest absolute Gasteiger partial charge is 0.306 e. The van der Waals surface area contributed by atoms with E-state index in [4.69, 9.17) is 14.2 Å². The minimum absolute atomic E-state index is 0.130. The molecule has 390 valence electrons. The predicted molar refractivity (Wildman–Crippen MR) is 302 cm³/mol. The standard InChI is InChI=1S/C64H98O6/c1-4-7-10-13-16-19-22-25-28-30-32-34-36-39-42-45-48-51-54-57-63(66)69-60-61(59-68-62(65)56-53-50-47-44-41-38-27-24-21-18-15-12-9-6-3)70-64(67)58-55-52-49-46-43-40-37-35-33-31-29-26-23-20-17-14-11-8-5-2/h7-8,10-11,15-20,24-29,32-35,39-40,42-43,48,51,61H,4-6,9,12-14,21-23,30-31,36-38,41,44-47,49-50,52-60H2,1-3H3/b10-7-,11-8-,18-15-,19-16-,20-17-,27-24-,28-25-,29-26-,34-32-,35-33-,42-39-,43-40-,51-48-. The van der Waals surface area contributed by atoms with Gasteiger partial charge in [-0.05, 0) is 128 Å². The van der Waals surface area contributed by atoms with Gasteiger partial charge >= 0.3 is 17.9 Å². The topological polar surface area (TPSA) is 78.9 Å². The van der Waals surface area contributed by atoms with Crippen molar-refractivity contribution in [1.82, 2.24) is 0 Å². The molecule has 0 aromatic rings. The van der Waals surface area contributed by atoms with Gasteiger partial charge in [-0.25, -0.2) is 0 Å². The first-order chi connectivity index (χ1) is 34.5. The van der Waals surface area contributed by atoms with E-state index in [0.29, 0.717) is 19.3 Å².